The van der Waals surface area contributed by atoms with E-state index in [1.807, 2.05) is 0 Å². The van der Waals surface area contributed by atoms with Gasteiger partial charge in [0.05, 0.1) is 22.3 Å². The molecule has 128 valence electrons. The van der Waals surface area contributed by atoms with E-state index in [0.29, 0.717) is 22.9 Å². The molecule has 0 amide bonds. The Morgan fingerprint density at radius 2 is 1.72 bits per heavy atom. The number of carboxylic acids is 1. The molecule has 3 aromatic rings. The number of aromatic nitrogens is 1. The maximum atomic E-state index is 14.3. The number of halogens is 4. The summed E-state index contributed by atoms with van der Waals surface area (Å²) in [5.41, 5.74) is 1.74. The molecular formula is C16H8F4N2O3. The second-order valence-electron chi connectivity index (χ2n) is 5.13. The lowest BCUT2D eigenvalue weighted by molar-refractivity contribution is 0.0695. The van der Waals surface area contributed by atoms with Crippen LogP contribution in [0.5, 0.6) is 0 Å². The Kier molecular flexibility index (Phi) is 3.71. The molecule has 0 atom stereocenters. The van der Waals surface area contributed by atoms with Crippen molar-refractivity contribution in [1.82, 2.24) is 4.57 Å². The SMILES string of the molecule is Nc1cc(-n2cc(C(=O)O)c(=O)c3ccc(F)c(F)c32)c(F)cc1F. The molecule has 3 N–H and O–H groups in total. The lowest BCUT2D eigenvalue weighted by Gasteiger charge is -2.15. The van der Waals surface area contributed by atoms with E-state index < -0.39 is 62.5 Å². The summed E-state index contributed by atoms with van der Waals surface area (Å²) in [4.78, 5) is 23.4. The fourth-order valence-corrected chi connectivity index (χ4v) is 2.44. The van der Waals surface area contributed by atoms with Gasteiger partial charge in [-0.3, -0.25) is 4.79 Å². The zero-order valence-electron chi connectivity index (χ0n) is 12.2. The number of carboxylic acid groups (broad SMARTS) is 1. The molecule has 0 radical (unpaired) electrons. The Hall–Kier alpha value is -3.36. The lowest BCUT2D eigenvalue weighted by atomic mass is 10.1. The van der Waals surface area contributed by atoms with Crippen molar-refractivity contribution in [2.24, 2.45) is 0 Å². The summed E-state index contributed by atoms with van der Waals surface area (Å²) < 4.78 is 56.0. The number of nitrogens with two attached hydrogens (primary N) is 1. The predicted molar refractivity (Wildman–Crippen MR) is 80.7 cm³/mol. The maximum absolute atomic E-state index is 14.3. The highest BCUT2D eigenvalue weighted by Crippen LogP contribution is 2.26. The number of anilines is 1. The van der Waals surface area contributed by atoms with Crippen LogP contribution in [0.25, 0.3) is 16.6 Å². The van der Waals surface area contributed by atoms with Gasteiger partial charge in [-0.25, -0.2) is 22.4 Å². The summed E-state index contributed by atoms with van der Waals surface area (Å²) in [5, 5.41) is 8.64. The lowest BCUT2D eigenvalue weighted by Crippen LogP contribution is -2.20. The van der Waals surface area contributed by atoms with Crippen LogP contribution in [0.3, 0.4) is 0 Å². The quantitative estimate of drug-likeness (QED) is 0.549. The van der Waals surface area contributed by atoms with Crippen LogP contribution in [0, 0.1) is 23.3 Å². The molecule has 1 heterocycles. The third kappa shape index (κ3) is 2.49. The minimum Gasteiger partial charge on any atom is -0.477 e. The summed E-state index contributed by atoms with van der Waals surface area (Å²) in [5.74, 6) is -6.78. The van der Waals surface area contributed by atoms with Crippen molar-refractivity contribution in [1.29, 1.82) is 0 Å². The standard InChI is InChI=1S/C16H8F4N2O3/c17-8-2-1-6-14(13(8)20)22(5-7(15(6)23)16(24)25)12-4-11(21)9(18)3-10(12)19/h1-5H,21H2,(H,24,25). The fraction of sp³-hybridized carbons (Fsp3) is 0. The Balaban J connectivity index is 2.56. The molecule has 0 unspecified atom stereocenters. The van der Waals surface area contributed by atoms with Crippen LogP contribution in [-0.4, -0.2) is 15.6 Å². The van der Waals surface area contributed by atoms with E-state index in [1.54, 1.807) is 0 Å². The van der Waals surface area contributed by atoms with E-state index >= 15 is 0 Å². The van der Waals surface area contributed by atoms with Crippen molar-refractivity contribution < 1.29 is 27.5 Å². The number of benzene rings is 2. The van der Waals surface area contributed by atoms with Gasteiger partial charge < -0.3 is 15.4 Å². The van der Waals surface area contributed by atoms with E-state index in [9.17, 15) is 27.2 Å². The molecule has 0 spiro atoms. The van der Waals surface area contributed by atoms with E-state index in [-0.39, 0.29) is 0 Å². The minimum atomic E-state index is -1.65. The number of nitrogens with zero attached hydrogens (tertiary/aromatic N) is 1. The van der Waals surface area contributed by atoms with E-state index in [0.717, 1.165) is 12.1 Å². The van der Waals surface area contributed by atoms with Crippen molar-refractivity contribution in [2.45, 2.75) is 0 Å². The largest absolute Gasteiger partial charge is 0.477 e. The van der Waals surface area contributed by atoms with Crippen LogP contribution in [0.1, 0.15) is 10.4 Å². The number of fused-ring (bicyclic) bond motifs is 1. The molecule has 3 rings (SSSR count). The normalized spacial score (nSPS) is 11.0. The van der Waals surface area contributed by atoms with E-state index in [1.165, 1.54) is 0 Å². The Morgan fingerprint density at radius 1 is 1.04 bits per heavy atom. The van der Waals surface area contributed by atoms with Crippen molar-refractivity contribution in [3.05, 3.63) is 69.5 Å². The van der Waals surface area contributed by atoms with Crippen LogP contribution in [0.15, 0.2) is 35.3 Å². The molecule has 9 heteroatoms. The van der Waals surface area contributed by atoms with Crippen LogP contribution < -0.4 is 11.2 Å². The van der Waals surface area contributed by atoms with E-state index in [4.69, 9.17) is 10.8 Å². The molecule has 0 saturated heterocycles. The molecule has 0 aliphatic rings. The number of aromatic carboxylic acids is 1. The smallest absolute Gasteiger partial charge is 0.341 e. The van der Waals surface area contributed by atoms with Crippen LogP contribution in [0.2, 0.25) is 0 Å². The second kappa shape index (κ2) is 5.62. The maximum Gasteiger partial charge on any atom is 0.341 e. The zero-order valence-corrected chi connectivity index (χ0v) is 12.2. The first-order valence-electron chi connectivity index (χ1n) is 6.74. The third-order valence-corrected chi connectivity index (χ3v) is 3.61. The molecule has 25 heavy (non-hydrogen) atoms. The molecule has 0 bridgehead atoms. The summed E-state index contributed by atoms with van der Waals surface area (Å²) in [7, 11) is 0. The number of hydrogen-bond donors (Lipinski definition) is 2. The number of rotatable bonds is 2. The average Bonchev–Trinajstić information content (AvgIpc) is 2.54. The van der Waals surface area contributed by atoms with Gasteiger partial charge in [-0.15, -0.1) is 0 Å². The van der Waals surface area contributed by atoms with Crippen LogP contribution in [0.4, 0.5) is 23.2 Å². The molecule has 0 saturated carbocycles. The van der Waals surface area contributed by atoms with Crippen molar-refractivity contribution in [3.8, 4) is 5.69 Å². The molecule has 5 nitrogen and oxygen atoms in total. The van der Waals surface area contributed by atoms with Gasteiger partial charge in [-0.2, -0.15) is 0 Å². The molecule has 0 aliphatic heterocycles. The Labute approximate surface area is 136 Å². The highest BCUT2D eigenvalue weighted by Gasteiger charge is 2.21. The Bertz CT molecular complexity index is 1110. The first-order chi connectivity index (χ1) is 11.7. The van der Waals surface area contributed by atoms with Gasteiger partial charge in [-0.1, -0.05) is 0 Å². The third-order valence-electron chi connectivity index (χ3n) is 3.61. The number of nitrogen functional groups attached to an aromatic ring is 1. The van der Waals surface area contributed by atoms with Crippen LogP contribution in [-0.2, 0) is 0 Å². The molecule has 2 aromatic carbocycles. The number of carbonyl (C=O) groups is 1. The molecular weight excluding hydrogens is 344 g/mol. The zero-order chi connectivity index (χ0) is 18.5. The van der Waals surface area contributed by atoms with Gasteiger partial charge in [0, 0.05) is 12.3 Å². The number of hydrogen-bond acceptors (Lipinski definition) is 3. The first kappa shape index (κ1) is 16.5. The van der Waals surface area contributed by atoms with Gasteiger partial charge >= 0.3 is 5.97 Å². The van der Waals surface area contributed by atoms with Gasteiger partial charge in [0.25, 0.3) is 0 Å². The fourth-order valence-electron chi connectivity index (χ4n) is 2.44. The van der Waals surface area contributed by atoms with Crippen molar-refractivity contribution in [2.75, 3.05) is 5.73 Å². The number of pyridine rings is 1. The minimum absolute atomic E-state index is 0.409. The summed E-state index contributed by atoms with van der Waals surface area (Å²) >= 11 is 0. The highest BCUT2D eigenvalue weighted by molar-refractivity contribution is 5.93. The molecule has 0 fully saturated rings. The summed E-state index contributed by atoms with van der Waals surface area (Å²) in [6.45, 7) is 0. The first-order valence-corrected chi connectivity index (χ1v) is 6.74. The second-order valence-corrected chi connectivity index (χ2v) is 5.13. The highest BCUT2D eigenvalue weighted by atomic mass is 19.2. The van der Waals surface area contributed by atoms with Gasteiger partial charge in [0.1, 0.15) is 17.2 Å². The van der Waals surface area contributed by atoms with Gasteiger partial charge in [0.2, 0.25) is 5.43 Å². The molecule has 1 aromatic heterocycles. The summed E-state index contributed by atoms with van der Waals surface area (Å²) in [6.07, 6.45) is 0.630. The Morgan fingerprint density at radius 3 is 2.36 bits per heavy atom. The van der Waals surface area contributed by atoms with E-state index in [2.05, 4.69) is 0 Å². The topological polar surface area (TPSA) is 85.3 Å². The van der Waals surface area contributed by atoms with Crippen molar-refractivity contribution >= 4 is 22.6 Å². The average molecular weight is 352 g/mol. The van der Waals surface area contributed by atoms with Crippen molar-refractivity contribution in [3.63, 3.8) is 0 Å². The monoisotopic (exact) mass is 352 g/mol. The van der Waals surface area contributed by atoms with Crippen LogP contribution >= 0.6 is 0 Å². The van der Waals surface area contributed by atoms with Gasteiger partial charge in [0.15, 0.2) is 11.6 Å². The summed E-state index contributed by atoms with van der Waals surface area (Å²) in [6, 6.07) is 2.71. The predicted octanol–water partition coefficient (Wildman–Crippen LogP) is 2.83. The molecule has 0 aliphatic carbocycles. The van der Waals surface area contributed by atoms with Gasteiger partial charge in [-0.05, 0) is 18.2 Å².